The van der Waals surface area contributed by atoms with Crippen LogP contribution in [0, 0.1) is 10.1 Å². The van der Waals surface area contributed by atoms with E-state index < -0.39 is 11.0 Å². The maximum atomic E-state index is 12.0. The van der Waals surface area contributed by atoms with Crippen LogP contribution in [-0.2, 0) is 11.3 Å². The molecule has 2 aromatic carbocycles. The highest BCUT2D eigenvalue weighted by atomic mass is 16.6. The van der Waals surface area contributed by atoms with E-state index in [9.17, 15) is 14.9 Å². The number of carbonyl (C=O) groups excluding carboxylic acids is 1. The number of para-hydroxylation sites is 1. The van der Waals surface area contributed by atoms with Crippen LogP contribution in [0.15, 0.2) is 54.6 Å². The van der Waals surface area contributed by atoms with E-state index in [0.29, 0.717) is 11.1 Å². The monoisotopic (exact) mass is 285 g/mol. The molecule has 0 saturated carbocycles. The molecule has 1 amide bonds. The third kappa shape index (κ3) is 3.64. The summed E-state index contributed by atoms with van der Waals surface area (Å²) in [5.74, 6) is -0.376. The molecule has 3 N–H and O–H groups in total. The molecule has 0 aliphatic carbocycles. The zero-order valence-electron chi connectivity index (χ0n) is 11.2. The van der Waals surface area contributed by atoms with Gasteiger partial charge in [-0.15, -0.1) is 0 Å². The van der Waals surface area contributed by atoms with E-state index in [2.05, 4.69) is 5.32 Å². The van der Waals surface area contributed by atoms with Gasteiger partial charge in [0.1, 0.15) is 6.04 Å². The summed E-state index contributed by atoms with van der Waals surface area (Å²) in [5, 5.41) is 13.5. The average Bonchev–Trinajstić information content (AvgIpc) is 2.52. The normalized spacial score (nSPS) is 11.7. The Morgan fingerprint density at radius 3 is 2.43 bits per heavy atom. The number of nitrogens with one attached hydrogen (secondary N) is 1. The van der Waals surface area contributed by atoms with E-state index in [-0.39, 0.29) is 18.1 Å². The lowest BCUT2D eigenvalue weighted by Crippen LogP contribution is -2.33. The SMILES string of the molecule is NC(C(=O)NCc1ccccc1[N+](=O)[O-])c1ccccc1. The lowest BCUT2D eigenvalue weighted by atomic mass is 10.1. The smallest absolute Gasteiger partial charge is 0.274 e. The second-order valence-electron chi connectivity index (χ2n) is 4.49. The standard InChI is InChI=1S/C15H15N3O3/c16-14(11-6-2-1-3-7-11)15(19)17-10-12-8-4-5-9-13(12)18(20)21/h1-9,14H,10,16H2,(H,17,19). The highest BCUT2D eigenvalue weighted by molar-refractivity contribution is 5.82. The fourth-order valence-electron chi connectivity index (χ4n) is 1.94. The summed E-state index contributed by atoms with van der Waals surface area (Å²) in [5.41, 5.74) is 6.97. The first-order chi connectivity index (χ1) is 10.1. The lowest BCUT2D eigenvalue weighted by molar-refractivity contribution is -0.385. The fraction of sp³-hybridized carbons (Fsp3) is 0.133. The van der Waals surface area contributed by atoms with Crippen molar-refractivity contribution < 1.29 is 9.72 Å². The predicted octanol–water partition coefficient (Wildman–Crippen LogP) is 1.91. The third-order valence-electron chi connectivity index (χ3n) is 3.08. The number of rotatable bonds is 5. The van der Waals surface area contributed by atoms with Crippen LogP contribution in [0.25, 0.3) is 0 Å². The topological polar surface area (TPSA) is 98.3 Å². The van der Waals surface area contributed by atoms with Crippen LogP contribution >= 0.6 is 0 Å². The molecule has 0 spiro atoms. The van der Waals surface area contributed by atoms with Crippen molar-refractivity contribution in [3.05, 3.63) is 75.8 Å². The van der Waals surface area contributed by atoms with Gasteiger partial charge < -0.3 is 11.1 Å². The molecule has 108 valence electrons. The Morgan fingerprint density at radius 2 is 1.76 bits per heavy atom. The zero-order chi connectivity index (χ0) is 15.2. The van der Waals surface area contributed by atoms with Gasteiger partial charge in [-0.1, -0.05) is 48.5 Å². The molecule has 0 aliphatic heterocycles. The van der Waals surface area contributed by atoms with E-state index >= 15 is 0 Å². The maximum absolute atomic E-state index is 12.0. The molecule has 21 heavy (non-hydrogen) atoms. The summed E-state index contributed by atoms with van der Waals surface area (Å²) in [6.45, 7) is 0.0660. The molecule has 0 fully saturated rings. The minimum Gasteiger partial charge on any atom is -0.350 e. The van der Waals surface area contributed by atoms with Crippen molar-refractivity contribution in [2.45, 2.75) is 12.6 Å². The van der Waals surface area contributed by atoms with E-state index in [1.165, 1.54) is 6.07 Å². The lowest BCUT2D eigenvalue weighted by Gasteiger charge is -2.12. The first kappa shape index (κ1) is 14.7. The number of benzene rings is 2. The van der Waals surface area contributed by atoms with E-state index in [1.807, 2.05) is 6.07 Å². The third-order valence-corrected chi connectivity index (χ3v) is 3.08. The zero-order valence-corrected chi connectivity index (χ0v) is 11.2. The summed E-state index contributed by atoms with van der Waals surface area (Å²) in [7, 11) is 0. The van der Waals surface area contributed by atoms with Gasteiger partial charge in [-0.2, -0.15) is 0 Å². The first-order valence-electron chi connectivity index (χ1n) is 6.40. The van der Waals surface area contributed by atoms with Gasteiger partial charge in [-0.3, -0.25) is 14.9 Å². The molecule has 0 saturated heterocycles. The van der Waals surface area contributed by atoms with Gasteiger partial charge in [0.15, 0.2) is 0 Å². The van der Waals surface area contributed by atoms with Crippen molar-refractivity contribution in [1.29, 1.82) is 0 Å². The summed E-state index contributed by atoms with van der Waals surface area (Å²) < 4.78 is 0. The largest absolute Gasteiger partial charge is 0.350 e. The molecule has 6 nitrogen and oxygen atoms in total. The Bertz CT molecular complexity index is 644. The number of carbonyl (C=O) groups is 1. The van der Waals surface area contributed by atoms with Gasteiger partial charge in [-0.05, 0) is 5.56 Å². The molecule has 0 bridgehead atoms. The maximum Gasteiger partial charge on any atom is 0.274 e. The van der Waals surface area contributed by atoms with Gasteiger partial charge >= 0.3 is 0 Å². The predicted molar refractivity (Wildman–Crippen MR) is 78.3 cm³/mol. The van der Waals surface area contributed by atoms with E-state index in [4.69, 9.17) is 5.73 Å². The number of nitro groups is 1. The molecular formula is C15H15N3O3. The number of nitrogens with two attached hydrogens (primary N) is 1. The van der Waals surface area contributed by atoms with Crippen molar-refractivity contribution in [3.63, 3.8) is 0 Å². The van der Waals surface area contributed by atoms with Crippen LogP contribution < -0.4 is 11.1 Å². The van der Waals surface area contributed by atoms with Crippen LogP contribution in [-0.4, -0.2) is 10.8 Å². The number of nitro benzene ring substituents is 1. The number of nitrogens with zero attached hydrogens (tertiary/aromatic N) is 1. The molecule has 0 heterocycles. The van der Waals surface area contributed by atoms with Crippen molar-refractivity contribution in [2.24, 2.45) is 5.73 Å². The summed E-state index contributed by atoms with van der Waals surface area (Å²) >= 11 is 0. The van der Waals surface area contributed by atoms with E-state index in [1.54, 1.807) is 42.5 Å². The van der Waals surface area contributed by atoms with E-state index in [0.717, 1.165) is 0 Å². The average molecular weight is 285 g/mol. The number of hydrogen-bond acceptors (Lipinski definition) is 4. The van der Waals surface area contributed by atoms with Crippen LogP contribution in [0.4, 0.5) is 5.69 Å². The first-order valence-corrected chi connectivity index (χ1v) is 6.40. The van der Waals surface area contributed by atoms with Gasteiger partial charge in [0, 0.05) is 18.2 Å². The second kappa shape index (κ2) is 6.62. The minimum atomic E-state index is -0.797. The molecule has 6 heteroatoms. The van der Waals surface area contributed by atoms with Crippen molar-refractivity contribution >= 4 is 11.6 Å². The second-order valence-corrected chi connectivity index (χ2v) is 4.49. The van der Waals surface area contributed by atoms with Gasteiger partial charge in [0.25, 0.3) is 5.69 Å². The van der Waals surface area contributed by atoms with Crippen molar-refractivity contribution in [3.8, 4) is 0 Å². The van der Waals surface area contributed by atoms with Crippen LogP contribution in [0.3, 0.4) is 0 Å². The van der Waals surface area contributed by atoms with Gasteiger partial charge in [0.2, 0.25) is 5.91 Å². The Kier molecular flexibility index (Phi) is 4.63. The Hall–Kier alpha value is -2.73. The summed E-state index contributed by atoms with van der Waals surface area (Å²) in [6, 6.07) is 14.4. The van der Waals surface area contributed by atoms with Crippen LogP contribution in [0.5, 0.6) is 0 Å². The molecule has 0 aliphatic rings. The molecule has 0 aromatic heterocycles. The molecular weight excluding hydrogens is 270 g/mol. The molecule has 2 aromatic rings. The Balaban J connectivity index is 2.03. The highest BCUT2D eigenvalue weighted by Crippen LogP contribution is 2.17. The van der Waals surface area contributed by atoms with Crippen molar-refractivity contribution in [1.82, 2.24) is 5.32 Å². The van der Waals surface area contributed by atoms with Crippen LogP contribution in [0.1, 0.15) is 17.2 Å². The highest BCUT2D eigenvalue weighted by Gasteiger charge is 2.17. The van der Waals surface area contributed by atoms with Gasteiger partial charge in [0.05, 0.1) is 4.92 Å². The number of hydrogen-bond donors (Lipinski definition) is 2. The van der Waals surface area contributed by atoms with Crippen LogP contribution in [0.2, 0.25) is 0 Å². The quantitative estimate of drug-likeness (QED) is 0.647. The molecule has 0 radical (unpaired) electrons. The fourth-order valence-corrected chi connectivity index (χ4v) is 1.94. The minimum absolute atomic E-state index is 0.0221. The molecule has 2 rings (SSSR count). The Morgan fingerprint density at radius 1 is 1.14 bits per heavy atom. The Labute approximate surface area is 121 Å². The number of amides is 1. The summed E-state index contributed by atoms with van der Waals surface area (Å²) in [6.07, 6.45) is 0. The molecule has 1 atom stereocenters. The summed E-state index contributed by atoms with van der Waals surface area (Å²) in [4.78, 5) is 22.4. The van der Waals surface area contributed by atoms with Crippen molar-refractivity contribution in [2.75, 3.05) is 0 Å². The van der Waals surface area contributed by atoms with Gasteiger partial charge in [-0.25, -0.2) is 0 Å². The molecule has 1 unspecified atom stereocenters.